The van der Waals surface area contributed by atoms with Crippen molar-refractivity contribution >= 4 is 15.9 Å². The molecule has 3 nitrogen and oxygen atoms in total. The second kappa shape index (κ2) is 4.17. The van der Waals surface area contributed by atoms with Crippen molar-refractivity contribution in [2.75, 3.05) is 19.6 Å². The topological polar surface area (TPSA) is 37.0 Å². The summed E-state index contributed by atoms with van der Waals surface area (Å²) in [5, 5.41) is 6.79. The molecule has 1 aromatic heterocycles. The fraction of sp³-hybridized carbons (Fsp3) is 0.444. The number of pyridine rings is 1. The van der Waals surface area contributed by atoms with Gasteiger partial charge in [-0.25, -0.2) is 0 Å². The van der Waals surface area contributed by atoms with Crippen LogP contribution in [0.1, 0.15) is 11.6 Å². The molecule has 2 rings (SSSR count). The number of nitrogens with one attached hydrogen (secondary N) is 2. The first-order chi connectivity index (χ1) is 6.36. The van der Waals surface area contributed by atoms with E-state index in [1.54, 1.807) is 6.20 Å². The lowest BCUT2D eigenvalue weighted by atomic mass is 10.1. The van der Waals surface area contributed by atoms with Crippen LogP contribution in [0, 0.1) is 0 Å². The fourth-order valence-electron chi connectivity index (χ4n) is 1.51. The predicted octanol–water partition coefficient (Wildman–Crippen LogP) is 1.08. The van der Waals surface area contributed by atoms with E-state index >= 15 is 0 Å². The zero-order chi connectivity index (χ0) is 9.10. The summed E-state index contributed by atoms with van der Waals surface area (Å²) in [6.45, 7) is 3.06. The summed E-state index contributed by atoms with van der Waals surface area (Å²) in [5.41, 5.74) is 1.24. The van der Waals surface area contributed by atoms with Crippen molar-refractivity contribution in [1.82, 2.24) is 15.6 Å². The summed E-state index contributed by atoms with van der Waals surface area (Å²) >= 11 is 3.42. The summed E-state index contributed by atoms with van der Waals surface area (Å²) in [4.78, 5) is 4.14. The van der Waals surface area contributed by atoms with E-state index in [1.165, 1.54) is 5.56 Å². The van der Waals surface area contributed by atoms with Crippen molar-refractivity contribution in [2.24, 2.45) is 0 Å². The van der Waals surface area contributed by atoms with Crippen LogP contribution in [0.5, 0.6) is 0 Å². The maximum Gasteiger partial charge on any atom is 0.0462 e. The van der Waals surface area contributed by atoms with Crippen molar-refractivity contribution in [3.8, 4) is 0 Å². The van der Waals surface area contributed by atoms with Crippen molar-refractivity contribution in [3.63, 3.8) is 0 Å². The Morgan fingerprint density at radius 3 is 3.00 bits per heavy atom. The highest BCUT2D eigenvalue weighted by atomic mass is 79.9. The zero-order valence-electron chi connectivity index (χ0n) is 7.26. The van der Waals surface area contributed by atoms with Crippen molar-refractivity contribution in [3.05, 3.63) is 28.5 Å². The molecular weight excluding hydrogens is 230 g/mol. The first kappa shape index (κ1) is 9.12. The summed E-state index contributed by atoms with van der Waals surface area (Å²) < 4.78 is 1.04. The van der Waals surface area contributed by atoms with E-state index in [1.807, 2.05) is 6.20 Å². The van der Waals surface area contributed by atoms with Crippen LogP contribution in [0.15, 0.2) is 22.9 Å². The molecule has 2 heterocycles. The Bertz CT molecular complexity index is 284. The quantitative estimate of drug-likeness (QED) is 0.773. The van der Waals surface area contributed by atoms with E-state index in [4.69, 9.17) is 0 Å². The molecule has 1 atom stereocenters. The Morgan fingerprint density at radius 1 is 1.38 bits per heavy atom. The van der Waals surface area contributed by atoms with Gasteiger partial charge in [-0.3, -0.25) is 4.98 Å². The van der Waals surface area contributed by atoms with E-state index in [2.05, 4.69) is 37.6 Å². The number of hydrogen-bond donors (Lipinski definition) is 2. The number of halogens is 1. The molecule has 0 radical (unpaired) electrons. The molecule has 0 saturated carbocycles. The third-order valence-electron chi connectivity index (χ3n) is 2.17. The highest BCUT2D eigenvalue weighted by molar-refractivity contribution is 9.10. The monoisotopic (exact) mass is 241 g/mol. The van der Waals surface area contributed by atoms with Crippen LogP contribution in [0.4, 0.5) is 0 Å². The minimum Gasteiger partial charge on any atom is -0.314 e. The highest BCUT2D eigenvalue weighted by Crippen LogP contribution is 2.16. The molecule has 70 valence electrons. The Labute approximate surface area is 86.1 Å². The largest absolute Gasteiger partial charge is 0.314 e. The third kappa shape index (κ3) is 2.27. The molecule has 2 N–H and O–H groups in total. The van der Waals surface area contributed by atoms with E-state index in [9.17, 15) is 0 Å². The predicted molar refractivity (Wildman–Crippen MR) is 55.6 cm³/mol. The molecule has 1 fully saturated rings. The zero-order valence-corrected chi connectivity index (χ0v) is 8.84. The molecule has 0 aromatic carbocycles. The number of aromatic nitrogens is 1. The van der Waals surface area contributed by atoms with Gasteiger partial charge in [0.05, 0.1) is 0 Å². The Hall–Kier alpha value is -0.450. The van der Waals surface area contributed by atoms with Crippen molar-refractivity contribution < 1.29 is 0 Å². The van der Waals surface area contributed by atoms with Crippen LogP contribution in [0.3, 0.4) is 0 Å². The van der Waals surface area contributed by atoms with Crippen LogP contribution in [-0.2, 0) is 0 Å². The lowest BCUT2D eigenvalue weighted by Gasteiger charge is -2.24. The molecule has 0 amide bonds. The van der Waals surface area contributed by atoms with Crippen LogP contribution in [0.2, 0.25) is 0 Å². The standard InChI is InChI=1S/C9H12BrN3/c10-8-3-7(4-12-5-8)9-6-11-1-2-13-9/h3-5,9,11,13H,1-2,6H2/t9-/m0/s1. The SMILES string of the molecule is Brc1cncc([C@@H]2CNCCN2)c1. The molecule has 0 bridgehead atoms. The van der Waals surface area contributed by atoms with Gasteiger partial charge in [-0.2, -0.15) is 0 Å². The number of nitrogens with zero attached hydrogens (tertiary/aromatic N) is 1. The van der Waals surface area contributed by atoms with Gasteiger partial charge in [0.15, 0.2) is 0 Å². The minimum atomic E-state index is 0.402. The normalized spacial score (nSPS) is 23.0. The molecular formula is C9H12BrN3. The summed E-state index contributed by atoms with van der Waals surface area (Å²) in [7, 11) is 0. The van der Waals surface area contributed by atoms with Gasteiger partial charge in [0.25, 0.3) is 0 Å². The van der Waals surface area contributed by atoms with Gasteiger partial charge in [-0.15, -0.1) is 0 Å². The molecule has 1 saturated heterocycles. The Balaban J connectivity index is 2.14. The van der Waals surface area contributed by atoms with Gasteiger partial charge in [0.2, 0.25) is 0 Å². The van der Waals surface area contributed by atoms with Crippen LogP contribution >= 0.6 is 15.9 Å². The van der Waals surface area contributed by atoms with Gasteiger partial charge >= 0.3 is 0 Å². The van der Waals surface area contributed by atoms with Crippen molar-refractivity contribution in [1.29, 1.82) is 0 Å². The van der Waals surface area contributed by atoms with Gasteiger partial charge < -0.3 is 10.6 Å². The van der Waals surface area contributed by atoms with E-state index in [-0.39, 0.29) is 0 Å². The van der Waals surface area contributed by atoms with Gasteiger partial charge in [-0.05, 0) is 27.6 Å². The molecule has 1 aliphatic heterocycles. The maximum absolute atomic E-state index is 4.14. The number of hydrogen-bond acceptors (Lipinski definition) is 3. The average molecular weight is 242 g/mol. The molecule has 0 aliphatic carbocycles. The summed E-state index contributed by atoms with van der Waals surface area (Å²) in [6, 6.07) is 2.51. The van der Waals surface area contributed by atoms with E-state index in [0.29, 0.717) is 6.04 Å². The van der Waals surface area contributed by atoms with Crippen LogP contribution < -0.4 is 10.6 Å². The summed E-state index contributed by atoms with van der Waals surface area (Å²) in [5.74, 6) is 0. The second-order valence-electron chi connectivity index (χ2n) is 3.15. The fourth-order valence-corrected chi connectivity index (χ4v) is 1.89. The number of rotatable bonds is 1. The molecule has 1 aromatic rings. The lowest BCUT2D eigenvalue weighted by molar-refractivity contribution is 0.429. The number of piperazine rings is 1. The van der Waals surface area contributed by atoms with Crippen molar-refractivity contribution in [2.45, 2.75) is 6.04 Å². The van der Waals surface area contributed by atoms with E-state index < -0.39 is 0 Å². The Morgan fingerprint density at radius 2 is 2.31 bits per heavy atom. The highest BCUT2D eigenvalue weighted by Gasteiger charge is 2.14. The summed E-state index contributed by atoms with van der Waals surface area (Å²) in [6.07, 6.45) is 3.72. The van der Waals surface area contributed by atoms with Gasteiger partial charge in [0, 0.05) is 42.5 Å². The van der Waals surface area contributed by atoms with Crippen LogP contribution in [0.25, 0.3) is 0 Å². The molecule has 4 heteroatoms. The van der Waals surface area contributed by atoms with Crippen LogP contribution in [-0.4, -0.2) is 24.6 Å². The van der Waals surface area contributed by atoms with Gasteiger partial charge in [-0.1, -0.05) is 0 Å². The smallest absolute Gasteiger partial charge is 0.0462 e. The minimum absolute atomic E-state index is 0.402. The third-order valence-corrected chi connectivity index (χ3v) is 2.60. The molecule has 1 aliphatic rings. The molecule has 0 spiro atoms. The molecule has 0 unspecified atom stereocenters. The average Bonchev–Trinajstić information content (AvgIpc) is 2.19. The maximum atomic E-state index is 4.14. The molecule has 13 heavy (non-hydrogen) atoms. The van der Waals surface area contributed by atoms with Gasteiger partial charge in [0.1, 0.15) is 0 Å². The Kier molecular flexibility index (Phi) is 2.93. The second-order valence-corrected chi connectivity index (χ2v) is 4.06. The van der Waals surface area contributed by atoms with E-state index in [0.717, 1.165) is 24.1 Å². The first-order valence-corrected chi connectivity index (χ1v) is 5.20. The lowest BCUT2D eigenvalue weighted by Crippen LogP contribution is -2.42. The first-order valence-electron chi connectivity index (χ1n) is 4.41.